The first-order chi connectivity index (χ1) is 23.5. The topological polar surface area (TPSA) is 153 Å². The minimum absolute atomic E-state index is 0.0274. The quantitative estimate of drug-likeness (QED) is 0.114. The minimum Gasteiger partial charge on any atom is -0.490 e. The first kappa shape index (κ1) is 37.2. The molecule has 2 aliphatic rings. The highest BCUT2D eigenvalue weighted by molar-refractivity contribution is 6.31. The van der Waals surface area contributed by atoms with Crippen LogP contribution in [0.25, 0.3) is 11.1 Å². The van der Waals surface area contributed by atoms with E-state index in [2.05, 4.69) is 24.0 Å². The third-order valence-corrected chi connectivity index (χ3v) is 9.97. The van der Waals surface area contributed by atoms with Gasteiger partial charge in [-0.2, -0.15) is 0 Å². The first-order valence-corrected chi connectivity index (χ1v) is 17.6. The van der Waals surface area contributed by atoms with Gasteiger partial charge in [0.15, 0.2) is 0 Å². The van der Waals surface area contributed by atoms with E-state index in [1.165, 1.54) is 0 Å². The summed E-state index contributed by atoms with van der Waals surface area (Å²) < 4.78 is 12.9. The normalized spacial score (nSPS) is 17.6. The van der Waals surface area contributed by atoms with Gasteiger partial charge >= 0.3 is 0 Å². The van der Waals surface area contributed by atoms with Gasteiger partial charge in [0, 0.05) is 48.6 Å². The number of rotatable bonds is 19. The summed E-state index contributed by atoms with van der Waals surface area (Å²) >= 11 is 6.79. The molecule has 0 aliphatic heterocycles. The lowest BCUT2D eigenvalue weighted by Crippen LogP contribution is -2.46. The second-order valence-electron chi connectivity index (χ2n) is 13.5. The smallest absolute Gasteiger partial charge is 0.222 e. The zero-order valence-corrected chi connectivity index (χ0v) is 29.1. The van der Waals surface area contributed by atoms with E-state index < -0.39 is 36.6 Å². The van der Waals surface area contributed by atoms with Gasteiger partial charge in [-0.05, 0) is 98.7 Å². The molecule has 10 nitrogen and oxygen atoms in total. The number of aryl methyl sites for hydroxylation is 2. The fourth-order valence-corrected chi connectivity index (χ4v) is 6.36. The van der Waals surface area contributed by atoms with Crippen molar-refractivity contribution in [2.24, 2.45) is 0 Å². The summed E-state index contributed by atoms with van der Waals surface area (Å²) in [5, 5.41) is 48.8. The molecule has 0 saturated heterocycles. The van der Waals surface area contributed by atoms with Crippen molar-refractivity contribution in [3.63, 3.8) is 0 Å². The number of carbonyl (C=O) groups is 1. The van der Waals surface area contributed by atoms with E-state index in [-0.39, 0.29) is 18.7 Å². The molecule has 3 aromatic rings. The number of halogens is 1. The van der Waals surface area contributed by atoms with E-state index in [1.54, 1.807) is 11.9 Å². The number of hydrogen-bond donors (Lipinski definition) is 5. The molecule has 2 saturated carbocycles. The van der Waals surface area contributed by atoms with Gasteiger partial charge < -0.3 is 39.9 Å². The fraction of sp³-hybridized carbons (Fsp3) is 0.526. The van der Waals surface area contributed by atoms with E-state index in [9.17, 15) is 25.2 Å². The Morgan fingerprint density at radius 3 is 2.47 bits per heavy atom. The van der Waals surface area contributed by atoms with E-state index in [1.807, 2.05) is 42.7 Å². The van der Waals surface area contributed by atoms with Crippen LogP contribution < -0.4 is 4.74 Å². The zero-order valence-electron chi connectivity index (χ0n) is 28.3. The number of amides is 1. The Balaban J connectivity index is 1.11. The molecule has 0 bridgehead atoms. The Morgan fingerprint density at radius 2 is 1.76 bits per heavy atom. The fourth-order valence-electron chi connectivity index (χ4n) is 6.12. The lowest BCUT2D eigenvalue weighted by Gasteiger charge is -2.26. The Morgan fingerprint density at radius 1 is 1.02 bits per heavy atom. The van der Waals surface area contributed by atoms with Crippen LogP contribution >= 0.6 is 11.6 Å². The van der Waals surface area contributed by atoms with Crippen LogP contribution in [0.4, 0.5) is 0 Å². The summed E-state index contributed by atoms with van der Waals surface area (Å²) in [4.78, 5) is 18.6. The molecule has 1 unspecified atom stereocenters. The van der Waals surface area contributed by atoms with E-state index in [4.69, 9.17) is 26.2 Å². The molecule has 1 heterocycles. The highest BCUT2D eigenvalue weighted by Gasteiger charge is 2.48. The van der Waals surface area contributed by atoms with E-state index in [0.29, 0.717) is 24.3 Å². The molecular formula is C38H49ClN2O8. The zero-order chi connectivity index (χ0) is 35.1. The van der Waals surface area contributed by atoms with Crippen molar-refractivity contribution < 1.29 is 39.8 Å². The minimum atomic E-state index is -1.71. The number of unbranched alkanes of at least 4 members (excludes halogenated alkanes) is 1. The molecule has 2 aromatic carbocycles. The summed E-state index contributed by atoms with van der Waals surface area (Å²) in [6.45, 7) is 2.23. The van der Waals surface area contributed by atoms with Crippen molar-refractivity contribution in [1.82, 2.24) is 9.88 Å². The molecule has 5 rings (SSSR count). The van der Waals surface area contributed by atoms with Gasteiger partial charge in [0.05, 0.1) is 31.0 Å². The monoisotopic (exact) mass is 696 g/mol. The van der Waals surface area contributed by atoms with Gasteiger partial charge in [-0.1, -0.05) is 35.9 Å². The molecule has 2 fully saturated rings. The maximum Gasteiger partial charge on any atom is 0.222 e. The lowest BCUT2D eigenvalue weighted by atomic mass is 9.96. The van der Waals surface area contributed by atoms with Gasteiger partial charge in [-0.3, -0.25) is 9.78 Å². The van der Waals surface area contributed by atoms with Gasteiger partial charge in [0.25, 0.3) is 0 Å². The summed E-state index contributed by atoms with van der Waals surface area (Å²) in [6, 6.07) is 14.3. The van der Waals surface area contributed by atoms with Crippen LogP contribution in [0.3, 0.4) is 0 Å². The largest absolute Gasteiger partial charge is 0.490 e. The average molecular weight is 697 g/mol. The van der Waals surface area contributed by atoms with Crippen LogP contribution in [-0.4, -0.2) is 92.0 Å². The summed E-state index contributed by atoms with van der Waals surface area (Å²) in [7, 11) is 1.69. The molecule has 49 heavy (non-hydrogen) atoms. The molecule has 11 heteroatoms. The third-order valence-electron chi connectivity index (χ3n) is 9.62. The summed E-state index contributed by atoms with van der Waals surface area (Å²) in [5.41, 5.74) is 6.00. The molecule has 0 spiro atoms. The number of aliphatic hydroxyl groups is 5. The number of carbonyl (C=O) groups excluding carboxylic acids is 1. The molecule has 1 aromatic heterocycles. The molecule has 0 radical (unpaired) electrons. The molecule has 1 amide bonds. The molecule has 2 aliphatic carbocycles. The van der Waals surface area contributed by atoms with Crippen LogP contribution in [0.2, 0.25) is 5.02 Å². The van der Waals surface area contributed by atoms with Gasteiger partial charge in [-0.15, -0.1) is 0 Å². The maximum absolute atomic E-state index is 12.5. The van der Waals surface area contributed by atoms with Crippen molar-refractivity contribution in [3.05, 3.63) is 82.1 Å². The van der Waals surface area contributed by atoms with Gasteiger partial charge in [0.2, 0.25) is 5.91 Å². The van der Waals surface area contributed by atoms with Gasteiger partial charge in [0.1, 0.15) is 24.1 Å². The average Bonchev–Trinajstić information content (AvgIpc) is 4.06. The van der Waals surface area contributed by atoms with Crippen LogP contribution in [0.15, 0.2) is 54.9 Å². The predicted octanol–water partition coefficient (Wildman–Crippen LogP) is 4.45. The van der Waals surface area contributed by atoms with Crippen LogP contribution in [-0.2, 0) is 28.2 Å². The maximum atomic E-state index is 12.5. The first-order valence-electron chi connectivity index (χ1n) is 17.2. The van der Waals surface area contributed by atoms with Crippen molar-refractivity contribution in [1.29, 1.82) is 0 Å². The van der Waals surface area contributed by atoms with E-state index in [0.717, 1.165) is 84.1 Å². The predicted molar refractivity (Wildman–Crippen MR) is 186 cm³/mol. The van der Waals surface area contributed by atoms with E-state index >= 15 is 0 Å². The summed E-state index contributed by atoms with van der Waals surface area (Å²) in [6.07, 6.45) is 3.98. The molecule has 4 atom stereocenters. The number of benzene rings is 2. The molecule has 266 valence electrons. The standard InChI is InChI=1S/C38H49ClN2O8/c1-24-19-26(23-48-38(15-16-38)30-21-40-17-14-28(30)29-8-3-4-9-34(29)49-27-10-11-27)31(39)20-25(24)7-5-6-18-41(2)35(45)13-12-32(43)36(46)37(47)33(44)22-42/h3-4,8-9,14,17,19-21,27,32-33,36-37,42-44,46-47H,5-7,10-13,15-16,18,22-23H2,1-2H3/t32-,33+,36?,37+/m0/s1. The second kappa shape index (κ2) is 16.7. The number of aliphatic hydroxyl groups excluding tert-OH is 5. The Labute approximate surface area is 293 Å². The third kappa shape index (κ3) is 9.58. The van der Waals surface area contributed by atoms with Crippen LogP contribution in [0, 0.1) is 6.92 Å². The van der Waals surface area contributed by atoms with Crippen molar-refractivity contribution in [2.75, 3.05) is 20.2 Å². The highest BCUT2D eigenvalue weighted by atomic mass is 35.5. The lowest BCUT2D eigenvalue weighted by molar-refractivity contribution is -0.133. The molecule has 5 N–H and O–H groups in total. The van der Waals surface area contributed by atoms with Crippen molar-refractivity contribution in [2.45, 2.75) is 107 Å². The van der Waals surface area contributed by atoms with Crippen LogP contribution in [0.1, 0.15) is 73.6 Å². The molecular weight excluding hydrogens is 648 g/mol. The number of para-hydroxylation sites is 1. The number of hydrogen-bond acceptors (Lipinski definition) is 9. The second-order valence-corrected chi connectivity index (χ2v) is 13.9. The van der Waals surface area contributed by atoms with Crippen molar-refractivity contribution >= 4 is 17.5 Å². The van der Waals surface area contributed by atoms with Crippen LogP contribution in [0.5, 0.6) is 5.75 Å². The SMILES string of the molecule is Cc1cc(COC2(c3cnccc3-c3ccccc3OC3CC3)CC2)c(Cl)cc1CCCCN(C)C(=O)CC[C@H](O)C(O)[C@H](O)[C@H](O)CO. The number of nitrogens with zero attached hydrogens (tertiary/aromatic N) is 2. The highest BCUT2D eigenvalue weighted by Crippen LogP contribution is 2.53. The Hall–Kier alpha value is -3.09. The number of ether oxygens (including phenoxy) is 2. The number of aromatic nitrogens is 1. The summed E-state index contributed by atoms with van der Waals surface area (Å²) in [5.74, 6) is 0.695. The Bertz CT molecular complexity index is 1560. The Kier molecular flexibility index (Phi) is 12.7. The number of pyridine rings is 1. The van der Waals surface area contributed by atoms with Gasteiger partial charge in [-0.25, -0.2) is 0 Å². The van der Waals surface area contributed by atoms with Crippen molar-refractivity contribution in [3.8, 4) is 16.9 Å².